The lowest BCUT2D eigenvalue weighted by Gasteiger charge is -2.27. The molecule has 4 N–H and O–H groups in total. The summed E-state index contributed by atoms with van der Waals surface area (Å²) in [5.74, 6) is 0.163. The van der Waals surface area contributed by atoms with E-state index in [1.807, 2.05) is 25.1 Å². The SMILES string of the molecule is C=C/C(C)=C(\C=C\NC(=O)c1ccc(C)c(C(=N)c2ccc(N3CCOCC3)nc2)c1)NC(=O)C(/C=C\CC(C)O)=C/C. The summed E-state index contributed by atoms with van der Waals surface area (Å²) >= 11 is 0. The van der Waals surface area contributed by atoms with Crippen molar-refractivity contribution in [3.8, 4) is 0 Å². The third-order valence-electron chi connectivity index (χ3n) is 6.93. The van der Waals surface area contributed by atoms with E-state index >= 15 is 0 Å². The van der Waals surface area contributed by atoms with Crippen molar-refractivity contribution in [3.05, 3.63) is 119 Å². The first-order valence-corrected chi connectivity index (χ1v) is 14.3. The van der Waals surface area contributed by atoms with Crippen LogP contribution in [0.3, 0.4) is 0 Å². The van der Waals surface area contributed by atoms with Gasteiger partial charge in [-0.3, -0.25) is 15.0 Å². The Hall–Kier alpha value is -4.60. The summed E-state index contributed by atoms with van der Waals surface area (Å²) < 4.78 is 5.41. The molecule has 2 amide bonds. The molecular formula is C34H41N5O4. The minimum atomic E-state index is -0.498. The zero-order chi connectivity index (χ0) is 31.4. The molecule has 9 nitrogen and oxygen atoms in total. The molecule has 0 spiro atoms. The van der Waals surface area contributed by atoms with Gasteiger partial charge in [0.05, 0.1) is 25.0 Å². The van der Waals surface area contributed by atoms with Crippen LogP contribution in [-0.2, 0) is 9.53 Å². The number of amides is 2. The maximum absolute atomic E-state index is 13.0. The molecule has 1 aliphatic rings. The van der Waals surface area contributed by atoms with E-state index in [0.717, 1.165) is 24.5 Å². The summed E-state index contributed by atoms with van der Waals surface area (Å²) in [6, 6.07) is 9.01. The summed E-state index contributed by atoms with van der Waals surface area (Å²) in [5.41, 5.74) is 4.45. The number of morpholine rings is 1. The number of carbonyl (C=O) groups is 2. The molecule has 1 aromatic heterocycles. The minimum Gasteiger partial charge on any atom is -0.393 e. The van der Waals surface area contributed by atoms with Crippen LogP contribution in [0.1, 0.15) is 54.2 Å². The standard InChI is InChI=1S/C34H41N5O4/c1-6-23(3)30(38-34(42)26(7-2)10-8-9-25(5)40)15-16-36-33(41)27-12-11-24(4)29(21-27)32(35)28-13-14-31(37-22-28)39-17-19-43-20-18-39/h6-8,10-16,21-22,25,35,40H,1,9,17-20H2,2-5H3,(H,36,41)(H,38,42)/b10-8-,16-15+,26-7+,30-23+,35-32?. The van der Waals surface area contributed by atoms with Crippen LogP contribution in [0.2, 0.25) is 0 Å². The maximum Gasteiger partial charge on any atom is 0.255 e. The van der Waals surface area contributed by atoms with Gasteiger partial charge in [0.2, 0.25) is 0 Å². The van der Waals surface area contributed by atoms with Crippen molar-refractivity contribution in [2.75, 3.05) is 31.2 Å². The van der Waals surface area contributed by atoms with Crippen molar-refractivity contribution >= 4 is 23.3 Å². The van der Waals surface area contributed by atoms with E-state index in [1.165, 1.54) is 6.20 Å². The van der Waals surface area contributed by atoms with Crippen LogP contribution >= 0.6 is 0 Å². The van der Waals surface area contributed by atoms with Crippen molar-refractivity contribution in [1.29, 1.82) is 5.41 Å². The molecule has 9 heteroatoms. The molecule has 226 valence electrons. The number of allylic oxidation sites excluding steroid dienone is 4. The molecule has 1 atom stereocenters. The van der Waals surface area contributed by atoms with Gasteiger partial charge in [-0.15, -0.1) is 0 Å². The zero-order valence-corrected chi connectivity index (χ0v) is 25.3. The van der Waals surface area contributed by atoms with Gasteiger partial charge in [0, 0.05) is 53.4 Å². The first-order valence-electron chi connectivity index (χ1n) is 14.3. The highest BCUT2D eigenvalue weighted by atomic mass is 16.5. The fraction of sp³-hybridized carbons (Fsp3) is 0.294. The number of pyridine rings is 1. The number of rotatable bonds is 12. The van der Waals surface area contributed by atoms with Crippen LogP contribution < -0.4 is 15.5 Å². The average molecular weight is 584 g/mol. The molecule has 1 saturated heterocycles. The largest absolute Gasteiger partial charge is 0.393 e. The third kappa shape index (κ3) is 9.46. The highest BCUT2D eigenvalue weighted by Gasteiger charge is 2.15. The topological polar surface area (TPSA) is 128 Å². The molecular weight excluding hydrogens is 542 g/mol. The molecule has 0 aliphatic carbocycles. The van der Waals surface area contributed by atoms with E-state index in [4.69, 9.17) is 10.1 Å². The summed E-state index contributed by atoms with van der Waals surface area (Å²) in [4.78, 5) is 32.6. The van der Waals surface area contributed by atoms with E-state index in [9.17, 15) is 14.7 Å². The predicted molar refractivity (Wildman–Crippen MR) is 171 cm³/mol. The number of benzene rings is 1. The van der Waals surface area contributed by atoms with Crippen molar-refractivity contribution in [2.45, 2.75) is 40.2 Å². The second-order valence-corrected chi connectivity index (χ2v) is 10.2. The second-order valence-electron chi connectivity index (χ2n) is 10.2. The summed E-state index contributed by atoms with van der Waals surface area (Å²) in [5, 5.41) is 23.9. The minimum absolute atomic E-state index is 0.278. The van der Waals surface area contributed by atoms with E-state index < -0.39 is 6.10 Å². The fourth-order valence-electron chi connectivity index (χ4n) is 4.26. The van der Waals surface area contributed by atoms with E-state index in [-0.39, 0.29) is 17.5 Å². The van der Waals surface area contributed by atoms with Crippen molar-refractivity contribution in [2.24, 2.45) is 0 Å². The number of aliphatic hydroxyl groups is 1. The molecule has 1 fully saturated rings. The van der Waals surface area contributed by atoms with Crippen LogP contribution in [-0.4, -0.2) is 60.0 Å². The summed E-state index contributed by atoms with van der Waals surface area (Å²) in [6.07, 6.45) is 11.4. The number of aliphatic hydroxyl groups excluding tert-OH is 1. The third-order valence-corrected chi connectivity index (χ3v) is 6.93. The van der Waals surface area contributed by atoms with Gasteiger partial charge in [-0.25, -0.2) is 4.98 Å². The number of anilines is 1. The first kappa shape index (κ1) is 32.9. The number of aromatic nitrogens is 1. The van der Waals surface area contributed by atoms with Crippen molar-refractivity contribution in [1.82, 2.24) is 15.6 Å². The monoisotopic (exact) mass is 583 g/mol. The van der Waals surface area contributed by atoms with Crippen molar-refractivity contribution in [3.63, 3.8) is 0 Å². The average Bonchev–Trinajstić information content (AvgIpc) is 3.02. The smallest absolute Gasteiger partial charge is 0.255 e. The van der Waals surface area contributed by atoms with Gasteiger partial charge in [-0.1, -0.05) is 36.9 Å². The lowest BCUT2D eigenvalue weighted by molar-refractivity contribution is -0.116. The number of hydrogen-bond donors (Lipinski definition) is 4. The Kier molecular flexibility index (Phi) is 12.4. The van der Waals surface area contributed by atoms with Crippen LogP contribution in [0.15, 0.2) is 96.5 Å². The molecule has 1 unspecified atom stereocenters. The molecule has 0 radical (unpaired) electrons. The van der Waals surface area contributed by atoms with E-state index in [0.29, 0.717) is 53.2 Å². The van der Waals surface area contributed by atoms with Crippen LogP contribution in [0.4, 0.5) is 5.82 Å². The van der Waals surface area contributed by atoms with Gasteiger partial charge in [-0.05, 0) is 75.6 Å². The molecule has 0 bridgehead atoms. The van der Waals surface area contributed by atoms with Gasteiger partial charge in [0.15, 0.2) is 0 Å². The molecule has 2 heterocycles. The lowest BCUT2D eigenvalue weighted by atomic mass is 9.97. The highest BCUT2D eigenvalue weighted by Crippen LogP contribution is 2.19. The van der Waals surface area contributed by atoms with Crippen molar-refractivity contribution < 1.29 is 19.4 Å². The van der Waals surface area contributed by atoms with Gasteiger partial charge in [0.25, 0.3) is 11.8 Å². The molecule has 1 aliphatic heterocycles. The highest BCUT2D eigenvalue weighted by molar-refractivity contribution is 6.12. The summed E-state index contributed by atoms with van der Waals surface area (Å²) in [6.45, 7) is 13.8. The fourth-order valence-corrected chi connectivity index (χ4v) is 4.26. The Morgan fingerprint density at radius 1 is 1.19 bits per heavy atom. The number of ether oxygens (including phenoxy) is 1. The van der Waals surface area contributed by atoms with Gasteiger partial charge >= 0.3 is 0 Å². The number of nitrogens with one attached hydrogen (secondary N) is 3. The van der Waals surface area contributed by atoms with Crippen LogP contribution in [0.25, 0.3) is 0 Å². The maximum atomic E-state index is 13.0. The van der Waals surface area contributed by atoms with Gasteiger partial charge < -0.3 is 25.4 Å². The summed E-state index contributed by atoms with van der Waals surface area (Å²) in [7, 11) is 0. The number of nitrogens with zero attached hydrogens (tertiary/aromatic N) is 2. The molecule has 3 rings (SSSR count). The van der Waals surface area contributed by atoms with Crippen LogP contribution in [0, 0.1) is 12.3 Å². The first-order chi connectivity index (χ1) is 20.6. The number of aryl methyl sites for hydroxylation is 1. The quantitative estimate of drug-likeness (QED) is 0.162. The lowest BCUT2D eigenvalue weighted by Crippen LogP contribution is -2.36. The second kappa shape index (κ2) is 16.1. The Balaban J connectivity index is 1.70. The van der Waals surface area contributed by atoms with E-state index in [2.05, 4.69) is 27.1 Å². The Labute approximate surface area is 253 Å². The normalized spacial score (nSPS) is 15.3. The number of carbonyl (C=O) groups excluding carboxylic acids is 2. The molecule has 0 saturated carbocycles. The van der Waals surface area contributed by atoms with Gasteiger partial charge in [0.1, 0.15) is 5.82 Å². The molecule has 43 heavy (non-hydrogen) atoms. The zero-order valence-electron chi connectivity index (χ0n) is 25.3. The predicted octanol–water partition coefficient (Wildman–Crippen LogP) is 4.74. The Morgan fingerprint density at radius 3 is 2.53 bits per heavy atom. The van der Waals surface area contributed by atoms with E-state index in [1.54, 1.807) is 69.5 Å². The Morgan fingerprint density at radius 2 is 1.91 bits per heavy atom. The van der Waals surface area contributed by atoms with Crippen LogP contribution in [0.5, 0.6) is 0 Å². The molecule has 1 aromatic carbocycles. The van der Waals surface area contributed by atoms with Gasteiger partial charge in [-0.2, -0.15) is 0 Å². The number of hydrogen-bond acceptors (Lipinski definition) is 7. The Bertz CT molecular complexity index is 1450. The molecule has 2 aromatic rings.